The van der Waals surface area contributed by atoms with E-state index in [0.717, 1.165) is 38.5 Å². The lowest BCUT2D eigenvalue weighted by Crippen LogP contribution is -2.65. The molecule has 6 fully saturated rings. The monoisotopic (exact) mass is 804 g/mol. The summed E-state index contributed by atoms with van der Waals surface area (Å²) >= 11 is 0. The van der Waals surface area contributed by atoms with Gasteiger partial charge in [-0.1, -0.05) is 25.5 Å². The molecular formula is C39H64O17. The third kappa shape index (κ3) is 7.44. The maximum absolute atomic E-state index is 11.7. The van der Waals surface area contributed by atoms with Crippen LogP contribution in [0.3, 0.4) is 0 Å². The Morgan fingerprint density at radius 2 is 1.41 bits per heavy atom. The van der Waals surface area contributed by atoms with E-state index >= 15 is 0 Å². The van der Waals surface area contributed by atoms with Gasteiger partial charge in [0.2, 0.25) is 0 Å². The van der Waals surface area contributed by atoms with Gasteiger partial charge in [0.05, 0.1) is 37.6 Å². The minimum Gasteiger partial charge on any atom is -0.394 e. The number of hydrogen-bond donors (Lipinski definition) is 11. The summed E-state index contributed by atoms with van der Waals surface area (Å²) in [5, 5.41) is 117. The quantitative estimate of drug-likeness (QED) is 0.110. The van der Waals surface area contributed by atoms with Crippen molar-refractivity contribution in [2.24, 2.45) is 34.5 Å². The molecule has 7 aliphatic rings. The molecule has 0 unspecified atom stereocenters. The fourth-order valence-electron chi connectivity index (χ4n) is 11.8. The number of aliphatic hydroxyl groups excluding tert-OH is 11. The number of aliphatic hydroxyl groups is 11. The molecule has 17 nitrogen and oxygen atoms in total. The minimum atomic E-state index is -1.86. The maximum atomic E-state index is 11.7. The fourth-order valence-corrected chi connectivity index (χ4v) is 11.8. The van der Waals surface area contributed by atoms with Crippen molar-refractivity contribution in [3.05, 3.63) is 11.6 Å². The Morgan fingerprint density at radius 1 is 0.750 bits per heavy atom. The predicted octanol–water partition coefficient (Wildman–Crippen LogP) is -2.22. The van der Waals surface area contributed by atoms with Crippen molar-refractivity contribution in [2.45, 2.75) is 183 Å². The van der Waals surface area contributed by atoms with Gasteiger partial charge in [-0.2, -0.15) is 0 Å². The molecule has 0 bridgehead atoms. The SMILES string of the molecule is C[C@H]1O[C@@H](O[C@H](C)[C@H]2[C@@H](O)C[C@@H]3[C@@H]4CC=C5C[C@@H](O)CC[C@]5(C)[C@H]4CC[C@]23C)[C@H](O[C@@H]2O[C@H](CO[C@@H]3O[C@H](CO)[C@@H](O)[C@H](O)[C@H]3O)[C@@H](O)[C@H](O)[C@H]2O)[C@H](O)[C@@H]1O. The van der Waals surface area contributed by atoms with E-state index in [1.807, 2.05) is 6.92 Å². The number of ether oxygens (including phenoxy) is 6. The van der Waals surface area contributed by atoms with Crippen LogP contribution in [-0.2, 0) is 28.4 Å². The van der Waals surface area contributed by atoms with E-state index < -0.39 is 118 Å². The van der Waals surface area contributed by atoms with Crippen molar-refractivity contribution >= 4 is 0 Å². The molecule has 0 amide bonds. The highest BCUT2D eigenvalue weighted by atomic mass is 16.8. The van der Waals surface area contributed by atoms with Crippen LogP contribution in [0.1, 0.15) is 72.6 Å². The summed E-state index contributed by atoms with van der Waals surface area (Å²) in [5.74, 6) is 0.725. The van der Waals surface area contributed by atoms with Crippen LogP contribution < -0.4 is 0 Å². The van der Waals surface area contributed by atoms with E-state index in [1.54, 1.807) is 6.92 Å². The molecule has 17 heteroatoms. The number of fused-ring (bicyclic) bond motifs is 5. The summed E-state index contributed by atoms with van der Waals surface area (Å²) in [6.45, 7) is 6.69. The van der Waals surface area contributed by atoms with Gasteiger partial charge in [0, 0.05) is 5.92 Å². The first-order valence-corrected chi connectivity index (χ1v) is 20.4. The van der Waals surface area contributed by atoms with Gasteiger partial charge in [-0.3, -0.25) is 0 Å². The Labute approximate surface area is 326 Å². The Balaban J connectivity index is 1.05. The van der Waals surface area contributed by atoms with Crippen molar-refractivity contribution in [2.75, 3.05) is 13.2 Å². The van der Waals surface area contributed by atoms with Crippen LogP contribution in [0.2, 0.25) is 0 Å². The average Bonchev–Trinajstić information content (AvgIpc) is 3.44. The van der Waals surface area contributed by atoms with Crippen molar-refractivity contribution in [3.8, 4) is 0 Å². The first-order chi connectivity index (χ1) is 26.4. The molecule has 3 aliphatic heterocycles. The molecular weight excluding hydrogens is 740 g/mol. The lowest BCUT2D eigenvalue weighted by molar-refractivity contribution is -0.375. The predicted molar refractivity (Wildman–Crippen MR) is 191 cm³/mol. The van der Waals surface area contributed by atoms with E-state index in [1.165, 1.54) is 5.57 Å². The summed E-state index contributed by atoms with van der Waals surface area (Å²) in [7, 11) is 0. The minimum absolute atomic E-state index is 0.0304. The molecule has 0 aromatic heterocycles. The fraction of sp³-hybridized carbons (Fsp3) is 0.949. The molecule has 322 valence electrons. The molecule has 11 N–H and O–H groups in total. The zero-order valence-electron chi connectivity index (χ0n) is 32.5. The van der Waals surface area contributed by atoms with Crippen LogP contribution in [0.25, 0.3) is 0 Å². The number of rotatable bonds is 9. The van der Waals surface area contributed by atoms with Gasteiger partial charge >= 0.3 is 0 Å². The van der Waals surface area contributed by atoms with Gasteiger partial charge in [-0.25, -0.2) is 0 Å². The molecule has 4 aliphatic carbocycles. The smallest absolute Gasteiger partial charge is 0.187 e. The first-order valence-electron chi connectivity index (χ1n) is 20.4. The Kier molecular flexibility index (Phi) is 12.7. The second-order valence-electron chi connectivity index (χ2n) is 18.2. The summed E-state index contributed by atoms with van der Waals surface area (Å²) in [4.78, 5) is 0. The summed E-state index contributed by atoms with van der Waals surface area (Å²) in [5.41, 5.74) is 1.11. The van der Waals surface area contributed by atoms with Crippen LogP contribution in [0.4, 0.5) is 0 Å². The lowest BCUT2D eigenvalue weighted by Gasteiger charge is -2.58. The topological polar surface area (TPSA) is 278 Å². The molecule has 3 heterocycles. The highest BCUT2D eigenvalue weighted by Crippen LogP contribution is 2.67. The second-order valence-corrected chi connectivity index (χ2v) is 18.2. The number of allylic oxidation sites excluding steroid dienone is 1. The molecule has 0 spiro atoms. The standard InChI is InChI=1S/C39H64O17/c1-15(25-22(42)12-21-19-6-5-17-11-18(41)7-9-38(17,3)20(19)8-10-39(21,25)4)52-37-34(31(48)26(43)16(2)53-37)56-36-33(50)30(47)28(45)24(55-36)14-51-35-32(49)29(46)27(44)23(13-40)54-35/h5,15-16,18-37,40-50H,6-14H2,1-4H3/t15-,16-,18+,19-,20+,21-,22+,23-,24-,25+,26-,27-,28-,29+,30+,31-,32-,33-,34-,35-,36+,37-,38+,39+/m1/s1. The van der Waals surface area contributed by atoms with Crippen LogP contribution in [-0.4, -0.2) is 180 Å². The van der Waals surface area contributed by atoms with Crippen molar-refractivity contribution in [1.29, 1.82) is 0 Å². The first kappa shape index (κ1) is 43.2. The van der Waals surface area contributed by atoms with Crippen LogP contribution in [0, 0.1) is 34.5 Å². The molecule has 0 aromatic rings. The molecule has 3 saturated heterocycles. The second kappa shape index (κ2) is 16.5. The third-order valence-electron chi connectivity index (χ3n) is 15.1. The van der Waals surface area contributed by atoms with E-state index in [9.17, 15) is 56.2 Å². The maximum Gasteiger partial charge on any atom is 0.187 e. The van der Waals surface area contributed by atoms with E-state index in [2.05, 4.69) is 19.9 Å². The van der Waals surface area contributed by atoms with Crippen LogP contribution in [0.15, 0.2) is 11.6 Å². The van der Waals surface area contributed by atoms with Gasteiger partial charge in [0.1, 0.15) is 67.1 Å². The summed E-state index contributed by atoms with van der Waals surface area (Å²) in [6, 6.07) is 0. The third-order valence-corrected chi connectivity index (χ3v) is 15.1. The van der Waals surface area contributed by atoms with Gasteiger partial charge < -0.3 is 84.6 Å². The molecule has 7 rings (SSSR count). The molecule has 56 heavy (non-hydrogen) atoms. The molecule has 0 radical (unpaired) electrons. The highest BCUT2D eigenvalue weighted by Gasteiger charge is 2.63. The number of hydrogen-bond acceptors (Lipinski definition) is 17. The van der Waals surface area contributed by atoms with Crippen molar-refractivity contribution < 1.29 is 84.6 Å². The molecule has 24 atom stereocenters. The van der Waals surface area contributed by atoms with Crippen molar-refractivity contribution in [1.82, 2.24) is 0 Å². The zero-order chi connectivity index (χ0) is 40.6. The summed E-state index contributed by atoms with van der Waals surface area (Å²) in [6.07, 6.45) is -16.8. The van der Waals surface area contributed by atoms with Crippen LogP contribution >= 0.6 is 0 Å². The van der Waals surface area contributed by atoms with E-state index in [0.29, 0.717) is 18.3 Å². The Bertz CT molecular complexity index is 1390. The molecule has 3 saturated carbocycles. The van der Waals surface area contributed by atoms with Crippen LogP contribution in [0.5, 0.6) is 0 Å². The summed E-state index contributed by atoms with van der Waals surface area (Å²) < 4.78 is 35.3. The average molecular weight is 805 g/mol. The van der Waals surface area contributed by atoms with Gasteiger partial charge in [-0.15, -0.1) is 0 Å². The lowest BCUT2D eigenvalue weighted by atomic mass is 9.47. The Morgan fingerprint density at radius 3 is 2.11 bits per heavy atom. The zero-order valence-corrected chi connectivity index (χ0v) is 32.5. The van der Waals surface area contributed by atoms with Gasteiger partial charge in [-0.05, 0) is 87.4 Å². The van der Waals surface area contributed by atoms with E-state index in [-0.39, 0.29) is 28.8 Å². The van der Waals surface area contributed by atoms with Gasteiger partial charge in [0.15, 0.2) is 18.9 Å². The van der Waals surface area contributed by atoms with E-state index in [4.69, 9.17) is 28.4 Å². The largest absolute Gasteiger partial charge is 0.394 e. The Hall–Kier alpha value is -0.940. The van der Waals surface area contributed by atoms with Crippen molar-refractivity contribution in [3.63, 3.8) is 0 Å². The molecule has 0 aromatic carbocycles. The highest BCUT2D eigenvalue weighted by molar-refractivity contribution is 5.26. The normalized spacial score (nSPS) is 55.4. The van der Waals surface area contributed by atoms with Gasteiger partial charge in [0.25, 0.3) is 0 Å².